The molecule has 1 aromatic carbocycles. The lowest BCUT2D eigenvalue weighted by atomic mass is 10.1. The molecule has 9 nitrogen and oxygen atoms in total. The van der Waals surface area contributed by atoms with Gasteiger partial charge in [-0.2, -0.15) is 0 Å². The molecule has 158 valence electrons. The number of carbonyl (C=O) groups is 3. The van der Waals surface area contributed by atoms with Crippen molar-refractivity contribution in [3.8, 4) is 0 Å². The molecule has 3 amide bonds. The van der Waals surface area contributed by atoms with Crippen LogP contribution in [-0.2, 0) is 20.9 Å². The number of hydrogen-bond donors (Lipinski definition) is 0. The highest BCUT2D eigenvalue weighted by atomic mass is 19.1. The number of aliphatic imine (C=N–C) groups is 1. The Morgan fingerprint density at radius 3 is 2.57 bits per heavy atom. The normalized spacial score (nSPS) is 22.8. The minimum atomic E-state index is -0.731. The number of urea groups is 1. The van der Waals surface area contributed by atoms with Crippen LogP contribution in [0, 0.1) is 5.82 Å². The van der Waals surface area contributed by atoms with E-state index in [1.165, 1.54) is 17.0 Å². The predicted molar refractivity (Wildman–Crippen MR) is 104 cm³/mol. The first-order valence-electron chi connectivity index (χ1n) is 9.62. The molecule has 4 rings (SSSR count). The fourth-order valence-corrected chi connectivity index (χ4v) is 3.85. The van der Waals surface area contributed by atoms with Gasteiger partial charge in [0, 0.05) is 18.9 Å². The van der Waals surface area contributed by atoms with Gasteiger partial charge in [0.1, 0.15) is 12.4 Å². The zero-order valence-electron chi connectivity index (χ0n) is 16.9. The fraction of sp³-hybridized carbons (Fsp3) is 0.400. The average molecular weight is 415 g/mol. The molecular formula is C20H22FN5O4. The van der Waals surface area contributed by atoms with Crippen molar-refractivity contribution in [1.82, 2.24) is 19.6 Å². The summed E-state index contributed by atoms with van der Waals surface area (Å²) in [5.41, 5.74) is 1.39. The van der Waals surface area contributed by atoms with Crippen LogP contribution in [0.3, 0.4) is 0 Å². The third kappa shape index (κ3) is 3.17. The van der Waals surface area contributed by atoms with Crippen LogP contribution < -0.4 is 0 Å². The number of amides is 3. The summed E-state index contributed by atoms with van der Waals surface area (Å²) in [6.07, 6.45) is 1.05. The molecule has 2 unspecified atom stereocenters. The number of esters is 1. The predicted octanol–water partition coefficient (Wildman–Crippen LogP) is 1.33. The van der Waals surface area contributed by atoms with Gasteiger partial charge in [0.05, 0.1) is 13.2 Å². The highest BCUT2D eigenvalue weighted by molar-refractivity contribution is 6.05. The van der Waals surface area contributed by atoms with Gasteiger partial charge in [-0.25, -0.2) is 14.2 Å². The van der Waals surface area contributed by atoms with E-state index in [1.54, 1.807) is 42.1 Å². The van der Waals surface area contributed by atoms with E-state index in [1.807, 2.05) is 6.92 Å². The lowest BCUT2D eigenvalue weighted by Crippen LogP contribution is -2.63. The molecule has 0 spiro atoms. The molecule has 10 heteroatoms. The van der Waals surface area contributed by atoms with Gasteiger partial charge in [0.25, 0.3) is 5.91 Å². The van der Waals surface area contributed by atoms with Crippen LogP contribution in [0.5, 0.6) is 0 Å². The second-order valence-corrected chi connectivity index (χ2v) is 7.30. The molecule has 0 N–H and O–H groups in total. The van der Waals surface area contributed by atoms with Crippen LogP contribution in [-0.4, -0.2) is 75.9 Å². The topological polar surface area (TPSA) is 85.8 Å². The van der Waals surface area contributed by atoms with E-state index in [9.17, 15) is 18.8 Å². The van der Waals surface area contributed by atoms with Crippen LogP contribution in [0.2, 0.25) is 0 Å². The van der Waals surface area contributed by atoms with E-state index < -0.39 is 30.1 Å². The zero-order chi connectivity index (χ0) is 21.6. The number of imide groups is 1. The summed E-state index contributed by atoms with van der Waals surface area (Å²) < 4.78 is 18.2. The van der Waals surface area contributed by atoms with Gasteiger partial charge in [-0.3, -0.25) is 14.5 Å². The number of ether oxygens (including phenoxy) is 1. The van der Waals surface area contributed by atoms with Crippen molar-refractivity contribution >= 4 is 23.9 Å². The zero-order valence-corrected chi connectivity index (χ0v) is 16.9. The first-order chi connectivity index (χ1) is 14.3. The van der Waals surface area contributed by atoms with Crippen molar-refractivity contribution in [2.75, 3.05) is 20.2 Å². The molecule has 1 aromatic rings. The van der Waals surface area contributed by atoms with Gasteiger partial charge in [0.15, 0.2) is 12.2 Å². The third-order valence-electron chi connectivity index (χ3n) is 5.35. The first-order valence-corrected chi connectivity index (χ1v) is 9.62. The Hall–Kier alpha value is -3.43. The molecule has 1 fully saturated rings. The average Bonchev–Trinajstić information content (AvgIpc) is 3.21. The summed E-state index contributed by atoms with van der Waals surface area (Å²) in [6, 6.07) is 4.45. The molecule has 1 saturated heterocycles. The van der Waals surface area contributed by atoms with Crippen LogP contribution >= 0.6 is 0 Å². The molecule has 3 heterocycles. The summed E-state index contributed by atoms with van der Waals surface area (Å²) >= 11 is 0. The van der Waals surface area contributed by atoms with Gasteiger partial charge < -0.3 is 19.4 Å². The fourth-order valence-electron chi connectivity index (χ4n) is 3.85. The van der Waals surface area contributed by atoms with Gasteiger partial charge in [-0.15, -0.1) is 0 Å². The highest BCUT2D eigenvalue weighted by Crippen LogP contribution is 2.34. The van der Waals surface area contributed by atoms with Gasteiger partial charge >= 0.3 is 12.0 Å². The van der Waals surface area contributed by atoms with Crippen molar-refractivity contribution in [3.05, 3.63) is 47.5 Å². The SMILES string of the molecule is CCOC(=O)CN1C(C)=CN2C1=NC1C2C(=O)N(Cc2ccc(F)cc2)C(=O)N1C. The van der Waals surface area contributed by atoms with Crippen molar-refractivity contribution in [2.45, 2.75) is 32.6 Å². The largest absolute Gasteiger partial charge is 0.465 e. The van der Waals surface area contributed by atoms with Gasteiger partial charge in [0.2, 0.25) is 5.96 Å². The molecule has 0 radical (unpaired) electrons. The van der Waals surface area contributed by atoms with Crippen LogP contribution in [0.25, 0.3) is 0 Å². The van der Waals surface area contributed by atoms with Gasteiger partial charge in [-0.05, 0) is 31.5 Å². The number of likely N-dealkylation sites (N-methyl/N-ethyl adjacent to an activating group) is 1. The summed E-state index contributed by atoms with van der Waals surface area (Å²) in [6.45, 7) is 3.81. The van der Waals surface area contributed by atoms with Crippen molar-refractivity contribution < 1.29 is 23.5 Å². The number of rotatable bonds is 5. The number of nitrogens with zero attached hydrogens (tertiary/aromatic N) is 5. The van der Waals surface area contributed by atoms with Crippen molar-refractivity contribution in [3.63, 3.8) is 0 Å². The number of halogens is 1. The molecule has 0 saturated carbocycles. The lowest BCUT2D eigenvalue weighted by Gasteiger charge is -2.40. The summed E-state index contributed by atoms with van der Waals surface area (Å²) in [5, 5.41) is 0. The first kappa shape index (κ1) is 19.9. The number of fused-ring (bicyclic) bond motifs is 3. The van der Waals surface area contributed by atoms with Crippen molar-refractivity contribution in [2.24, 2.45) is 4.99 Å². The standard InChI is InChI=1S/C20H22FN5O4/c1-4-30-15(27)11-24-12(2)9-25-16-17(22-19(24)25)23(3)20(29)26(18(16)28)10-13-5-7-14(21)8-6-13/h5-9,16-17H,4,10-11H2,1-3H3. The third-order valence-corrected chi connectivity index (χ3v) is 5.35. The smallest absolute Gasteiger partial charge is 0.328 e. The quantitative estimate of drug-likeness (QED) is 0.675. The van der Waals surface area contributed by atoms with E-state index >= 15 is 0 Å². The van der Waals surface area contributed by atoms with Crippen LogP contribution in [0.4, 0.5) is 9.18 Å². The number of benzene rings is 1. The Kier molecular flexibility index (Phi) is 4.92. The van der Waals surface area contributed by atoms with Crippen molar-refractivity contribution in [1.29, 1.82) is 0 Å². The number of carbonyl (C=O) groups excluding carboxylic acids is 3. The Bertz CT molecular complexity index is 960. The molecule has 2 atom stereocenters. The van der Waals surface area contributed by atoms with E-state index in [0.29, 0.717) is 11.5 Å². The summed E-state index contributed by atoms with van der Waals surface area (Å²) in [4.78, 5) is 48.6. The highest BCUT2D eigenvalue weighted by Gasteiger charge is 2.54. The van der Waals surface area contributed by atoms with E-state index in [0.717, 1.165) is 10.6 Å². The molecule has 0 aliphatic carbocycles. The maximum Gasteiger partial charge on any atom is 0.328 e. The van der Waals surface area contributed by atoms with E-state index in [-0.39, 0.29) is 25.5 Å². The molecule has 3 aliphatic heterocycles. The van der Waals surface area contributed by atoms with Crippen LogP contribution in [0.1, 0.15) is 19.4 Å². The van der Waals surface area contributed by atoms with Crippen LogP contribution in [0.15, 0.2) is 41.2 Å². The number of guanidine groups is 1. The Labute approximate surface area is 173 Å². The molecule has 0 aromatic heterocycles. The summed E-state index contributed by atoms with van der Waals surface area (Å²) in [5.74, 6) is -0.751. The lowest BCUT2D eigenvalue weighted by molar-refractivity contribution is -0.143. The maximum absolute atomic E-state index is 13.3. The minimum absolute atomic E-state index is 0.0317. The Morgan fingerprint density at radius 2 is 1.90 bits per heavy atom. The number of hydrogen-bond acceptors (Lipinski definition) is 7. The van der Waals surface area contributed by atoms with E-state index in [2.05, 4.69) is 4.99 Å². The van der Waals surface area contributed by atoms with E-state index in [4.69, 9.17) is 4.74 Å². The monoisotopic (exact) mass is 415 g/mol. The number of allylic oxidation sites excluding steroid dienone is 1. The maximum atomic E-state index is 13.3. The molecular weight excluding hydrogens is 393 g/mol. The minimum Gasteiger partial charge on any atom is -0.465 e. The second kappa shape index (κ2) is 7.43. The second-order valence-electron chi connectivity index (χ2n) is 7.30. The summed E-state index contributed by atoms with van der Waals surface area (Å²) in [7, 11) is 1.59. The molecule has 0 bridgehead atoms. The molecule has 30 heavy (non-hydrogen) atoms. The Balaban J connectivity index is 1.59. The Morgan fingerprint density at radius 1 is 1.20 bits per heavy atom. The molecule has 3 aliphatic rings. The van der Waals surface area contributed by atoms with Gasteiger partial charge in [-0.1, -0.05) is 12.1 Å².